The summed E-state index contributed by atoms with van der Waals surface area (Å²) in [4.78, 5) is 30.9. The number of Topliss-reactive ketones (excluding diaryl/α,β-unsaturated/α-hetero) is 1. The lowest BCUT2D eigenvalue weighted by Gasteiger charge is -2.28. The molecule has 5 rings (SSSR count). The van der Waals surface area contributed by atoms with Crippen LogP contribution in [-0.2, 0) is 22.8 Å². The molecule has 8 heteroatoms. The van der Waals surface area contributed by atoms with Crippen LogP contribution in [-0.4, -0.2) is 59.9 Å². The van der Waals surface area contributed by atoms with Gasteiger partial charge in [-0.3, -0.25) is 9.59 Å². The van der Waals surface area contributed by atoms with Crippen LogP contribution in [0, 0.1) is 6.92 Å². The standard InChI is InChI=1S/C39H42N2O6/c1-5-40(6-2)21-22-41-36(31-17-20-33(34(24-31)45-4)47-25-28-12-8-7-9-13-28)35(38(43)39(41)44)37(42)30-15-18-32(19-16-30)46-26-29-14-10-11-27(3)23-29/h7-20,23-24,36,42H,5-6,21-22,25-26H2,1-4H3/b37-35+. The maximum atomic E-state index is 13.6. The number of likely N-dealkylation sites (N-methyl/N-ethyl adjacent to an activating group) is 1. The first-order chi connectivity index (χ1) is 22.8. The van der Waals surface area contributed by atoms with E-state index in [0.717, 1.165) is 29.8 Å². The van der Waals surface area contributed by atoms with Crippen molar-refractivity contribution in [3.05, 3.63) is 130 Å². The summed E-state index contributed by atoms with van der Waals surface area (Å²) in [6, 6.07) is 29.3. The van der Waals surface area contributed by atoms with Crippen molar-refractivity contribution in [1.29, 1.82) is 0 Å². The SMILES string of the molecule is CCN(CC)CCN1C(=O)C(=O)/C(=C(/O)c2ccc(OCc3cccc(C)c3)cc2)C1c1ccc(OCc2ccccc2)c(OC)c1. The Hall–Kier alpha value is -5.08. The van der Waals surface area contributed by atoms with Crippen molar-refractivity contribution in [2.75, 3.05) is 33.3 Å². The third kappa shape index (κ3) is 7.84. The van der Waals surface area contributed by atoms with Crippen molar-refractivity contribution >= 4 is 17.4 Å². The van der Waals surface area contributed by atoms with Crippen LogP contribution in [0.1, 0.15) is 47.7 Å². The molecule has 1 amide bonds. The Labute approximate surface area is 276 Å². The maximum absolute atomic E-state index is 13.6. The zero-order chi connectivity index (χ0) is 33.3. The fourth-order valence-corrected chi connectivity index (χ4v) is 5.79. The number of rotatable bonds is 14. The first-order valence-corrected chi connectivity index (χ1v) is 16.0. The zero-order valence-corrected chi connectivity index (χ0v) is 27.4. The predicted molar refractivity (Wildman–Crippen MR) is 183 cm³/mol. The Bertz CT molecular complexity index is 1710. The quantitative estimate of drug-likeness (QED) is 0.0915. The first kappa shape index (κ1) is 33.3. The van der Waals surface area contributed by atoms with Gasteiger partial charge in [0.1, 0.15) is 24.7 Å². The number of methoxy groups -OCH3 is 1. The van der Waals surface area contributed by atoms with Crippen molar-refractivity contribution in [2.45, 2.75) is 40.0 Å². The molecule has 47 heavy (non-hydrogen) atoms. The van der Waals surface area contributed by atoms with Crippen molar-refractivity contribution < 1.29 is 28.9 Å². The van der Waals surface area contributed by atoms with Crippen molar-refractivity contribution in [2.24, 2.45) is 0 Å². The Morgan fingerprint density at radius 3 is 2.19 bits per heavy atom. The van der Waals surface area contributed by atoms with E-state index in [1.54, 1.807) is 48.4 Å². The average Bonchev–Trinajstić information content (AvgIpc) is 3.35. The molecule has 0 radical (unpaired) electrons. The molecule has 1 N–H and O–H groups in total. The molecule has 4 aromatic rings. The van der Waals surface area contributed by atoms with Gasteiger partial charge in [-0.05, 0) is 73.1 Å². The third-order valence-corrected chi connectivity index (χ3v) is 8.45. The van der Waals surface area contributed by atoms with Gasteiger partial charge in [-0.1, -0.05) is 80.1 Å². The predicted octanol–water partition coefficient (Wildman–Crippen LogP) is 6.93. The van der Waals surface area contributed by atoms with Crippen molar-refractivity contribution in [1.82, 2.24) is 9.80 Å². The number of benzene rings is 4. The van der Waals surface area contributed by atoms with Crippen LogP contribution in [0.3, 0.4) is 0 Å². The van der Waals surface area contributed by atoms with Crippen molar-refractivity contribution in [3.8, 4) is 17.2 Å². The second-order valence-corrected chi connectivity index (χ2v) is 11.5. The van der Waals surface area contributed by atoms with E-state index in [9.17, 15) is 14.7 Å². The molecule has 1 atom stereocenters. The van der Waals surface area contributed by atoms with Gasteiger partial charge >= 0.3 is 0 Å². The highest BCUT2D eigenvalue weighted by Gasteiger charge is 2.46. The third-order valence-electron chi connectivity index (χ3n) is 8.45. The minimum absolute atomic E-state index is 0.0305. The molecule has 244 valence electrons. The highest BCUT2D eigenvalue weighted by atomic mass is 16.5. The van der Waals surface area contributed by atoms with Crippen LogP contribution in [0.5, 0.6) is 17.2 Å². The highest BCUT2D eigenvalue weighted by Crippen LogP contribution is 2.42. The number of ketones is 1. The van der Waals surface area contributed by atoms with E-state index in [1.165, 1.54) is 0 Å². The molecule has 1 saturated heterocycles. The summed E-state index contributed by atoms with van der Waals surface area (Å²) in [5.74, 6) is -0.00731. The van der Waals surface area contributed by atoms with E-state index in [-0.39, 0.29) is 11.3 Å². The van der Waals surface area contributed by atoms with Crippen LogP contribution in [0.25, 0.3) is 5.76 Å². The van der Waals surface area contributed by atoms with Gasteiger partial charge in [-0.15, -0.1) is 0 Å². The molecule has 1 aliphatic heterocycles. The van der Waals surface area contributed by atoms with Gasteiger partial charge in [0.05, 0.1) is 18.7 Å². The first-order valence-electron chi connectivity index (χ1n) is 16.0. The summed E-state index contributed by atoms with van der Waals surface area (Å²) >= 11 is 0. The fourth-order valence-electron chi connectivity index (χ4n) is 5.79. The summed E-state index contributed by atoms with van der Waals surface area (Å²) in [6.45, 7) is 9.42. The molecule has 0 aromatic heterocycles. The minimum atomic E-state index is -0.820. The van der Waals surface area contributed by atoms with Crippen LogP contribution >= 0.6 is 0 Å². The molecule has 1 heterocycles. The average molecular weight is 635 g/mol. The van der Waals surface area contributed by atoms with Crippen LogP contribution in [0.2, 0.25) is 0 Å². The van der Waals surface area contributed by atoms with E-state index in [0.29, 0.717) is 54.7 Å². The lowest BCUT2D eigenvalue weighted by molar-refractivity contribution is -0.140. The maximum Gasteiger partial charge on any atom is 0.295 e. The minimum Gasteiger partial charge on any atom is -0.507 e. The summed E-state index contributed by atoms with van der Waals surface area (Å²) in [6.07, 6.45) is 0. The van der Waals surface area contributed by atoms with Gasteiger partial charge in [0, 0.05) is 18.7 Å². The number of aliphatic hydroxyl groups is 1. The summed E-state index contributed by atoms with van der Waals surface area (Å²) in [7, 11) is 1.55. The molecular formula is C39H42N2O6. The van der Waals surface area contributed by atoms with Crippen LogP contribution < -0.4 is 14.2 Å². The number of carbonyl (C=O) groups is 2. The molecule has 4 aromatic carbocycles. The molecule has 1 unspecified atom stereocenters. The van der Waals surface area contributed by atoms with E-state index >= 15 is 0 Å². The van der Waals surface area contributed by atoms with Gasteiger partial charge in [-0.2, -0.15) is 0 Å². The summed E-state index contributed by atoms with van der Waals surface area (Å²) < 4.78 is 17.7. The number of hydrogen-bond acceptors (Lipinski definition) is 7. The number of carbonyl (C=O) groups excluding carboxylic acids is 2. The second-order valence-electron chi connectivity index (χ2n) is 11.5. The topological polar surface area (TPSA) is 88.5 Å². The molecule has 0 aliphatic carbocycles. The van der Waals surface area contributed by atoms with Crippen LogP contribution in [0.15, 0.2) is 103 Å². The number of ether oxygens (including phenoxy) is 3. The summed E-state index contributed by atoms with van der Waals surface area (Å²) in [5, 5.41) is 11.6. The lowest BCUT2D eigenvalue weighted by atomic mass is 9.95. The largest absolute Gasteiger partial charge is 0.507 e. The van der Waals surface area contributed by atoms with E-state index in [2.05, 4.69) is 24.8 Å². The van der Waals surface area contributed by atoms with E-state index in [4.69, 9.17) is 14.2 Å². The second kappa shape index (κ2) is 15.5. The molecule has 0 saturated carbocycles. The van der Waals surface area contributed by atoms with Gasteiger partial charge in [0.2, 0.25) is 0 Å². The van der Waals surface area contributed by atoms with Gasteiger partial charge in [0.25, 0.3) is 11.7 Å². The Kier molecular flexibility index (Phi) is 11.0. The van der Waals surface area contributed by atoms with Crippen molar-refractivity contribution in [3.63, 3.8) is 0 Å². The number of nitrogens with zero attached hydrogens (tertiary/aromatic N) is 2. The number of aliphatic hydroxyl groups excluding tert-OH is 1. The zero-order valence-electron chi connectivity index (χ0n) is 27.4. The molecule has 8 nitrogen and oxygen atoms in total. The van der Waals surface area contributed by atoms with Gasteiger partial charge < -0.3 is 29.1 Å². The fraction of sp³-hybridized carbons (Fsp3) is 0.282. The normalized spacial score (nSPS) is 15.7. The van der Waals surface area contributed by atoms with E-state index in [1.807, 2.05) is 61.5 Å². The summed E-state index contributed by atoms with van der Waals surface area (Å²) in [5.41, 5.74) is 4.29. The monoisotopic (exact) mass is 634 g/mol. The number of likely N-dealkylation sites (tertiary alicyclic amines) is 1. The Morgan fingerprint density at radius 1 is 0.809 bits per heavy atom. The van der Waals surface area contributed by atoms with Gasteiger partial charge in [-0.25, -0.2) is 0 Å². The van der Waals surface area contributed by atoms with E-state index < -0.39 is 17.7 Å². The smallest absolute Gasteiger partial charge is 0.295 e. The highest BCUT2D eigenvalue weighted by molar-refractivity contribution is 6.46. The molecule has 0 spiro atoms. The number of aryl methyl sites for hydroxylation is 1. The lowest BCUT2D eigenvalue weighted by Crippen LogP contribution is -2.38. The molecule has 1 fully saturated rings. The molecule has 1 aliphatic rings. The molecule has 0 bridgehead atoms. The van der Waals surface area contributed by atoms with Crippen LogP contribution in [0.4, 0.5) is 0 Å². The number of hydrogen-bond donors (Lipinski definition) is 1. The van der Waals surface area contributed by atoms with Gasteiger partial charge in [0.15, 0.2) is 11.5 Å². The Balaban J connectivity index is 1.46. The molecular weight excluding hydrogens is 592 g/mol. The Morgan fingerprint density at radius 2 is 1.51 bits per heavy atom. The number of amides is 1.